The highest BCUT2D eigenvalue weighted by molar-refractivity contribution is 7.89. The third-order valence-electron chi connectivity index (χ3n) is 4.36. The SMILES string of the molecule is O=S(=O)(CC[C@H]1CCCO1)NC[C@H]1CCc2nccn2C1. The summed E-state index contributed by atoms with van der Waals surface area (Å²) >= 11 is 0. The molecule has 2 aliphatic heterocycles. The second-order valence-electron chi connectivity index (χ2n) is 5.99. The molecule has 0 amide bonds. The van der Waals surface area contributed by atoms with Crippen LogP contribution >= 0.6 is 0 Å². The van der Waals surface area contributed by atoms with E-state index in [0.717, 1.165) is 44.7 Å². The van der Waals surface area contributed by atoms with Crippen LogP contribution < -0.4 is 4.72 Å². The summed E-state index contributed by atoms with van der Waals surface area (Å²) in [5.74, 6) is 1.62. The first-order valence-corrected chi connectivity index (χ1v) is 9.36. The van der Waals surface area contributed by atoms with Crippen molar-refractivity contribution in [1.82, 2.24) is 14.3 Å². The maximum Gasteiger partial charge on any atom is 0.211 e. The van der Waals surface area contributed by atoms with Crippen LogP contribution in [-0.4, -0.2) is 43.0 Å². The van der Waals surface area contributed by atoms with Crippen LogP contribution in [0.2, 0.25) is 0 Å². The molecule has 2 aliphatic rings. The van der Waals surface area contributed by atoms with Gasteiger partial charge in [-0.05, 0) is 31.6 Å². The first-order chi connectivity index (χ1) is 10.1. The Kier molecular flexibility index (Phi) is 4.61. The normalized spacial score (nSPS) is 25.9. The molecular formula is C14H23N3O3S. The maximum absolute atomic E-state index is 12.0. The van der Waals surface area contributed by atoms with E-state index in [9.17, 15) is 8.42 Å². The minimum Gasteiger partial charge on any atom is -0.378 e. The average Bonchev–Trinajstić information content (AvgIpc) is 3.13. The summed E-state index contributed by atoms with van der Waals surface area (Å²) < 4.78 is 34.4. The number of aromatic nitrogens is 2. The number of sulfonamides is 1. The summed E-state index contributed by atoms with van der Waals surface area (Å²) in [5, 5.41) is 0. The van der Waals surface area contributed by atoms with E-state index in [0.29, 0.717) is 18.9 Å². The molecule has 118 valence electrons. The van der Waals surface area contributed by atoms with Gasteiger partial charge in [-0.2, -0.15) is 0 Å². The van der Waals surface area contributed by atoms with Gasteiger partial charge in [0, 0.05) is 38.5 Å². The molecule has 1 aromatic heterocycles. The number of imidazole rings is 1. The van der Waals surface area contributed by atoms with Gasteiger partial charge in [-0.1, -0.05) is 0 Å². The van der Waals surface area contributed by atoms with Gasteiger partial charge in [0.25, 0.3) is 0 Å². The van der Waals surface area contributed by atoms with E-state index in [4.69, 9.17) is 4.74 Å². The third kappa shape index (κ3) is 4.05. The fourth-order valence-electron chi connectivity index (χ4n) is 3.08. The summed E-state index contributed by atoms with van der Waals surface area (Å²) in [4.78, 5) is 4.28. The van der Waals surface area contributed by atoms with Crippen molar-refractivity contribution in [2.75, 3.05) is 18.9 Å². The first-order valence-electron chi connectivity index (χ1n) is 7.71. The lowest BCUT2D eigenvalue weighted by atomic mass is 10.00. The smallest absolute Gasteiger partial charge is 0.211 e. The molecule has 0 aliphatic carbocycles. The molecule has 7 heteroatoms. The van der Waals surface area contributed by atoms with E-state index in [2.05, 4.69) is 14.3 Å². The summed E-state index contributed by atoms with van der Waals surface area (Å²) in [5.41, 5.74) is 0. The minimum atomic E-state index is -3.19. The van der Waals surface area contributed by atoms with E-state index in [-0.39, 0.29) is 11.9 Å². The Morgan fingerprint density at radius 1 is 1.43 bits per heavy atom. The number of aryl methyl sites for hydroxylation is 1. The van der Waals surface area contributed by atoms with E-state index in [1.165, 1.54) is 0 Å². The lowest BCUT2D eigenvalue weighted by molar-refractivity contribution is 0.109. The lowest BCUT2D eigenvalue weighted by Crippen LogP contribution is -2.35. The molecule has 0 unspecified atom stereocenters. The summed E-state index contributed by atoms with van der Waals surface area (Å²) in [6.07, 6.45) is 8.46. The van der Waals surface area contributed by atoms with Crippen LogP contribution in [0.4, 0.5) is 0 Å². The predicted octanol–water partition coefficient (Wildman–Crippen LogP) is 0.934. The highest BCUT2D eigenvalue weighted by Gasteiger charge is 2.22. The molecule has 0 aromatic carbocycles. The molecule has 0 radical (unpaired) electrons. The largest absolute Gasteiger partial charge is 0.378 e. The van der Waals surface area contributed by atoms with Crippen LogP contribution in [0, 0.1) is 5.92 Å². The van der Waals surface area contributed by atoms with Crippen LogP contribution in [0.25, 0.3) is 0 Å². The summed E-state index contributed by atoms with van der Waals surface area (Å²) in [7, 11) is -3.19. The Morgan fingerprint density at radius 3 is 3.14 bits per heavy atom. The summed E-state index contributed by atoms with van der Waals surface area (Å²) in [6.45, 7) is 2.14. The third-order valence-corrected chi connectivity index (χ3v) is 5.74. The molecular weight excluding hydrogens is 290 g/mol. The standard InChI is InChI=1S/C14H23N3O3S/c18-21(19,9-5-13-2-1-8-20-13)16-10-12-3-4-14-15-6-7-17(14)11-12/h6-7,12-13,16H,1-5,8-11H2/t12-,13-/m1/s1. The van der Waals surface area contributed by atoms with Gasteiger partial charge in [-0.3, -0.25) is 0 Å². The second-order valence-corrected chi connectivity index (χ2v) is 7.92. The van der Waals surface area contributed by atoms with Gasteiger partial charge in [0.15, 0.2) is 0 Å². The monoisotopic (exact) mass is 313 g/mol. The molecule has 0 spiro atoms. The van der Waals surface area contributed by atoms with Crippen molar-refractivity contribution in [1.29, 1.82) is 0 Å². The average molecular weight is 313 g/mol. The highest BCUT2D eigenvalue weighted by atomic mass is 32.2. The van der Waals surface area contributed by atoms with Crippen molar-refractivity contribution in [2.45, 2.75) is 44.8 Å². The number of hydrogen-bond donors (Lipinski definition) is 1. The van der Waals surface area contributed by atoms with Crippen molar-refractivity contribution in [3.05, 3.63) is 18.2 Å². The molecule has 6 nitrogen and oxygen atoms in total. The molecule has 3 rings (SSSR count). The minimum absolute atomic E-state index is 0.129. The van der Waals surface area contributed by atoms with E-state index in [1.54, 1.807) is 0 Å². The predicted molar refractivity (Wildman–Crippen MR) is 79.4 cm³/mol. The van der Waals surface area contributed by atoms with Crippen LogP contribution in [0.5, 0.6) is 0 Å². The van der Waals surface area contributed by atoms with E-state index >= 15 is 0 Å². The topological polar surface area (TPSA) is 73.2 Å². The number of nitrogens with one attached hydrogen (secondary N) is 1. The molecule has 0 bridgehead atoms. The Balaban J connectivity index is 1.43. The fraction of sp³-hybridized carbons (Fsp3) is 0.786. The van der Waals surface area contributed by atoms with Crippen molar-refractivity contribution in [2.24, 2.45) is 5.92 Å². The molecule has 0 saturated carbocycles. The van der Waals surface area contributed by atoms with Gasteiger partial charge in [0.05, 0.1) is 11.9 Å². The zero-order valence-corrected chi connectivity index (χ0v) is 13.0. The number of rotatable bonds is 6. The molecule has 1 N–H and O–H groups in total. The Labute approximate surface area is 125 Å². The lowest BCUT2D eigenvalue weighted by Gasteiger charge is -2.24. The Hall–Kier alpha value is -0.920. The first kappa shape index (κ1) is 15.0. The Morgan fingerprint density at radius 2 is 2.33 bits per heavy atom. The number of ether oxygens (including phenoxy) is 1. The van der Waals surface area contributed by atoms with Crippen LogP contribution in [0.3, 0.4) is 0 Å². The van der Waals surface area contributed by atoms with Crippen LogP contribution in [0.1, 0.15) is 31.5 Å². The van der Waals surface area contributed by atoms with Gasteiger partial charge < -0.3 is 9.30 Å². The molecule has 3 heterocycles. The molecule has 1 aromatic rings. The molecule has 2 atom stereocenters. The number of hydrogen-bond acceptors (Lipinski definition) is 4. The summed E-state index contributed by atoms with van der Waals surface area (Å²) in [6, 6.07) is 0. The van der Waals surface area contributed by atoms with Crippen LogP contribution in [0.15, 0.2) is 12.4 Å². The quantitative estimate of drug-likeness (QED) is 0.848. The van der Waals surface area contributed by atoms with Gasteiger partial charge in [0.2, 0.25) is 10.0 Å². The number of fused-ring (bicyclic) bond motifs is 1. The Bertz CT molecular complexity index is 564. The second kappa shape index (κ2) is 6.46. The van der Waals surface area contributed by atoms with Gasteiger partial charge in [-0.15, -0.1) is 0 Å². The molecule has 21 heavy (non-hydrogen) atoms. The van der Waals surface area contributed by atoms with Crippen molar-refractivity contribution >= 4 is 10.0 Å². The van der Waals surface area contributed by atoms with Crippen molar-refractivity contribution in [3.63, 3.8) is 0 Å². The van der Waals surface area contributed by atoms with Crippen molar-refractivity contribution < 1.29 is 13.2 Å². The fourth-order valence-corrected chi connectivity index (χ4v) is 4.29. The molecule has 1 fully saturated rings. The van der Waals surface area contributed by atoms with Gasteiger partial charge >= 0.3 is 0 Å². The van der Waals surface area contributed by atoms with Crippen molar-refractivity contribution in [3.8, 4) is 0 Å². The zero-order valence-electron chi connectivity index (χ0n) is 12.2. The zero-order chi connectivity index (χ0) is 14.7. The van der Waals surface area contributed by atoms with Gasteiger partial charge in [-0.25, -0.2) is 18.1 Å². The number of nitrogens with zero attached hydrogens (tertiary/aromatic N) is 2. The van der Waals surface area contributed by atoms with Gasteiger partial charge in [0.1, 0.15) is 5.82 Å². The maximum atomic E-state index is 12.0. The molecule has 1 saturated heterocycles. The van der Waals surface area contributed by atoms with E-state index in [1.807, 2.05) is 12.4 Å². The van der Waals surface area contributed by atoms with Crippen LogP contribution in [-0.2, 0) is 27.7 Å². The van der Waals surface area contributed by atoms with E-state index < -0.39 is 10.0 Å². The highest BCUT2D eigenvalue weighted by Crippen LogP contribution is 2.19.